The minimum Gasteiger partial charge on any atom is -0.395 e. The van der Waals surface area contributed by atoms with E-state index in [0.29, 0.717) is 58.9 Å². The maximum absolute atomic E-state index is 8.48. The van der Waals surface area contributed by atoms with Gasteiger partial charge in [-0.25, -0.2) is 0 Å². The lowest BCUT2D eigenvalue weighted by Gasteiger charge is -2.17. The van der Waals surface area contributed by atoms with Gasteiger partial charge in [0.05, 0.1) is 19.8 Å². The summed E-state index contributed by atoms with van der Waals surface area (Å²) in [6.45, 7) is 5.34. The van der Waals surface area contributed by atoms with Gasteiger partial charge >= 0.3 is 0 Å². The highest BCUT2D eigenvalue weighted by Crippen LogP contribution is 1.84. The van der Waals surface area contributed by atoms with Gasteiger partial charge in [0.25, 0.3) is 0 Å². The predicted molar refractivity (Wildman–Crippen MR) is 92.0 cm³/mol. The summed E-state index contributed by atoms with van der Waals surface area (Å²) in [5.74, 6) is 0. The molecule has 15 N–H and O–H groups in total. The van der Waals surface area contributed by atoms with Crippen LogP contribution in [0.1, 0.15) is 0 Å². The van der Waals surface area contributed by atoms with E-state index in [1.54, 1.807) is 4.90 Å². The highest BCUT2D eigenvalue weighted by atomic mass is 16.3. The molecule has 0 amide bonds. The standard InChI is InChI=1S/C6H15NO3.3C2H8N2/c8-4-1-7(2-5-9)3-6-10;3*3-1-2-4/h8-10H,1-6H2;3*1-4H2. The van der Waals surface area contributed by atoms with Crippen LogP contribution in [0.3, 0.4) is 0 Å². The predicted octanol–water partition coefficient (Wildman–Crippen LogP) is -5.02. The Morgan fingerprint density at radius 2 is 0.636 bits per heavy atom. The fourth-order valence-electron chi connectivity index (χ4n) is 0.760. The maximum Gasteiger partial charge on any atom is 0.0558 e. The van der Waals surface area contributed by atoms with E-state index < -0.39 is 0 Å². The number of aliphatic hydroxyl groups excluding tert-OH is 3. The van der Waals surface area contributed by atoms with Gasteiger partial charge in [-0.3, -0.25) is 4.90 Å². The zero-order valence-electron chi connectivity index (χ0n) is 13.7. The average molecular weight is 329 g/mol. The van der Waals surface area contributed by atoms with Crippen LogP contribution < -0.4 is 34.4 Å². The number of hydrogen-bond acceptors (Lipinski definition) is 10. The first kappa shape index (κ1) is 29.6. The van der Waals surface area contributed by atoms with E-state index in [0.717, 1.165) is 0 Å². The van der Waals surface area contributed by atoms with Crippen molar-refractivity contribution < 1.29 is 15.3 Å². The molecule has 0 aromatic heterocycles. The molecule has 0 bridgehead atoms. The summed E-state index contributed by atoms with van der Waals surface area (Å²) in [6, 6.07) is 0. The third kappa shape index (κ3) is 50.4. The van der Waals surface area contributed by atoms with Crippen molar-refractivity contribution in [3.63, 3.8) is 0 Å². The Bertz CT molecular complexity index is 118. The lowest BCUT2D eigenvalue weighted by Crippen LogP contribution is -2.32. The lowest BCUT2D eigenvalue weighted by atomic mass is 10.4. The van der Waals surface area contributed by atoms with Crippen molar-refractivity contribution in [2.45, 2.75) is 0 Å². The van der Waals surface area contributed by atoms with Crippen LogP contribution in [-0.4, -0.2) is 98.9 Å². The Hall–Kier alpha value is -0.400. The van der Waals surface area contributed by atoms with E-state index in [-0.39, 0.29) is 19.8 Å². The number of hydrogen-bond donors (Lipinski definition) is 9. The maximum atomic E-state index is 8.48. The molecular weight excluding hydrogens is 290 g/mol. The van der Waals surface area contributed by atoms with Crippen molar-refractivity contribution >= 4 is 0 Å². The van der Waals surface area contributed by atoms with Crippen molar-refractivity contribution in [3.8, 4) is 0 Å². The number of nitrogens with zero attached hydrogens (tertiary/aromatic N) is 1. The topological polar surface area (TPSA) is 220 Å². The molecule has 0 aliphatic heterocycles. The Morgan fingerprint density at radius 3 is 0.727 bits per heavy atom. The highest BCUT2D eigenvalue weighted by Gasteiger charge is 2.00. The summed E-state index contributed by atoms with van der Waals surface area (Å²) >= 11 is 0. The second kappa shape index (κ2) is 37.1. The van der Waals surface area contributed by atoms with Gasteiger partial charge in [0.15, 0.2) is 0 Å². The number of nitrogens with two attached hydrogens (primary N) is 6. The molecule has 0 saturated carbocycles. The van der Waals surface area contributed by atoms with E-state index in [9.17, 15) is 0 Å². The second-order valence-electron chi connectivity index (χ2n) is 3.74. The number of rotatable bonds is 9. The summed E-state index contributed by atoms with van der Waals surface area (Å²) in [4.78, 5) is 1.79. The molecule has 0 rings (SSSR count). The van der Waals surface area contributed by atoms with Gasteiger partial charge in [0.2, 0.25) is 0 Å². The summed E-state index contributed by atoms with van der Waals surface area (Å²) in [5.41, 5.74) is 29.4. The van der Waals surface area contributed by atoms with Gasteiger partial charge in [-0.15, -0.1) is 0 Å². The van der Waals surface area contributed by atoms with Gasteiger partial charge in [-0.2, -0.15) is 0 Å². The Labute approximate surface area is 134 Å². The minimum atomic E-state index is 0.0694. The highest BCUT2D eigenvalue weighted by molar-refractivity contribution is 4.54. The molecule has 0 aromatic carbocycles. The van der Waals surface area contributed by atoms with Crippen molar-refractivity contribution in [1.82, 2.24) is 4.90 Å². The Balaban J connectivity index is -0.000000112. The van der Waals surface area contributed by atoms with Crippen LogP contribution in [0.25, 0.3) is 0 Å². The third-order valence-electron chi connectivity index (χ3n) is 1.75. The van der Waals surface area contributed by atoms with E-state index in [1.807, 2.05) is 0 Å². The monoisotopic (exact) mass is 329 g/mol. The summed E-state index contributed by atoms with van der Waals surface area (Å²) < 4.78 is 0. The smallest absolute Gasteiger partial charge is 0.0558 e. The number of aliphatic hydroxyl groups is 3. The molecule has 0 radical (unpaired) electrons. The van der Waals surface area contributed by atoms with Gasteiger partial charge < -0.3 is 49.7 Å². The van der Waals surface area contributed by atoms with Crippen LogP contribution in [0.2, 0.25) is 0 Å². The molecule has 0 spiro atoms. The van der Waals surface area contributed by atoms with Crippen molar-refractivity contribution in [3.05, 3.63) is 0 Å². The Morgan fingerprint density at radius 1 is 0.455 bits per heavy atom. The molecule has 22 heavy (non-hydrogen) atoms. The zero-order chi connectivity index (χ0) is 18.1. The SMILES string of the molecule is NCCN.NCCN.NCCN.OCCN(CCO)CCO. The van der Waals surface area contributed by atoms with E-state index in [2.05, 4.69) is 0 Å². The van der Waals surface area contributed by atoms with Crippen LogP contribution in [0.15, 0.2) is 0 Å². The molecular formula is C12H39N7O3. The molecule has 0 fully saturated rings. The molecule has 0 saturated heterocycles. The summed E-state index contributed by atoms with van der Waals surface area (Å²) in [5, 5.41) is 25.5. The van der Waals surface area contributed by atoms with Crippen molar-refractivity contribution in [2.75, 3.05) is 78.7 Å². The van der Waals surface area contributed by atoms with Crippen LogP contribution in [-0.2, 0) is 0 Å². The van der Waals surface area contributed by atoms with Crippen LogP contribution in [0, 0.1) is 0 Å². The minimum absolute atomic E-state index is 0.0694. The van der Waals surface area contributed by atoms with Crippen LogP contribution >= 0.6 is 0 Å². The lowest BCUT2D eigenvalue weighted by molar-refractivity contribution is 0.136. The molecule has 10 nitrogen and oxygen atoms in total. The normalized spacial score (nSPS) is 9.00. The van der Waals surface area contributed by atoms with Gasteiger partial charge in [0, 0.05) is 58.9 Å². The van der Waals surface area contributed by atoms with Crippen LogP contribution in [0.4, 0.5) is 0 Å². The molecule has 0 aromatic rings. The summed E-state index contributed by atoms with van der Waals surface area (Å²) in [6.07, 6.45) is 0. The first-order valence-electron chi connectivity index (χ1n) is 7.35. The largest absolute Gasteiger partial charge is 0.395 e. The molecule has 140 valence electrons. The molecule has 0 aliphatic rings. The van der Waals surface area contributed by atoms with Crippen LogP contribution in [0.5, 0.6) is 0 Å². The fraction of sp³-hybridized carbons (Fsp3) is 1.00. The Kier molecular flexibility index (Phi) is 49.9. The first-order chi connectivity index (χ1) is 10.6. The zero-order valence-corrected chi connectivity index (χ0v) is 13.7. The van der Waals surface area contributed by atoms with Gasteiger partial charge in [-0.1, -0.05) is 0 Å². The summed E-state index contributed by atoms with van der Waals surface area (Å²) in [7, 11) is 0. The molecule has 10 heteroatoms. The average Bonchev–Trinajstić information content (AvgIpc) is 2.56. The molecule has 0 heterocycles. The molecule has 0 atom stereocenters. The molecule has 0 aliphatic carbocycles. The van der Waals surface area contributed by atoms with Crippen molar-refractivity contribution in [1.29, 1.82) is 0 Å². The van der Waals surface area contributed by atoms with Gasteiger partial charge in [-0.05, 0) is 0 Å². The van der Waals surface area contributed by atoms with Gasteiger partial charge in [0.1, 0.15) is 0 Å². The van der Waals surface area contributed by atoms with E-state index >= 15 is 0 Å². The quantitative estimate of drug-likeness (QED) is 0.196. The van der Waals surface area contributed by atoms with E-state index in [4.69, 9.17) is 49.7 Å². The molecule has 0 unspecified atom stereocenters. The van der Waals surface area contributed by atoms with Crippen molar-refractivity contribution in [2.24, 2.45) is 34.4 Å². The third-order valence-corrected chi connectivity index (χ3v) is 1.75. The second-order valence-corrected chi connectivity index (χ2v) is 3.74. The van der Waals surface area contributed by atoms with E-state index in [1.165, 1.54) is 0 Å². The fourth-order valence-corrected chi connectivity index (χ4v) is 0.760. The first-order valence-corrected chi connectivity index (χ1v) is 7.35.